The fourth-order valence-electron chi connectivity index (χ4n) is 2.69. The Morgan fingerprint density at radius 1 is 1.23 bits per heavy atom. The molecule has 0 atom stereocenters. The molecule has 1 aromatic carbocycles. The lowest BCUT2D eigenvalue weighted by Gasteiger charge is -2.10. The molecule has 0 unspecified atom stereocenters. The number of hydrogen-bond donors (Lipinski definition) is 2. The average Bonchev–Trinajstić information content (AvgIpc) is 2.85. The lowest BCUT2D eigenvalue weighted by molar-refractivity contribution is -0.153. The predicted octanol–water partition coefficient (Wildman–Crippen LogP) is 3.71. The van der Waals surface area contributed by atoms with Gasteiger partial charge < -0.3 is 15.0 Å². The highest BCUT2D eigenvalue weighted by Gasteiger charge is 2.28. The number of aromatic amines is 1. The minimum atomic E-state index is -4.42. The molecule has 0 aliphatic heterocycles. The van der Waals surface area contributed by atoms with E-state index in [-0.39, 0.29) is 23.8 Å². The smallest absolute Gasteiger partial charge is 0.422 e. The number of Topliss-reactive ketones (excluding diaryl/α,β-unsaturated/α-hetero) is 1. The summed E-state index contributed by atoms with van der Waals surface area (Å²) in [7, 11) is 0. The van der Waals surface area contributed by atoms with Crippen molar-refractivity contribution < 1.29 is 27.5 Å². The number of rotatable bonds is 6. The summed E-state index contributed by atoms with van der Waals surface area (Å²) in [5, 5.41) is 2.68. The Morgan fingerprint density at radius 3 is 2.50 bits per heavy atom. The first-order valence-electron chi connectivity index (χ1n) is 7.85. The van der Waals surface area contributed by atoms with Crippen molar-refractivity contribution in [1.82, 2.24) is 10.3 Å². The molecule has 2 aromatic rings. The number of ketones is 1. The number of aryl methyl sites for hydroxylation is 1. The van der Waals surface area contributed by atoms with Crippen LogP contribution in [-0.2, 0) is 6.54 Å². The van der Waals surface area contributed by atoms with Gasteiger partial charge >= 0.3 is 6.18 Å². The molecule has 1 amide bonds. The first-order chi connectivity index (χ1) is 12.1. The Morgan fingerprint density at radius 2 is 1.92 bits per heavy atom. The van der Waals surface area contributed by atoms with E-state index in [1.165, 1.54) is 19.1 Å². The molecular formula is C18H19F3N2O3. The fourth-order valence-corrected chi connectivity index (χ4v) is 2.69. The van der Waals surface area contributed by atoms with Gasteiger partial charge in [-0.15, -0.1) is 0 Å². The fraction of sp³-hybridized carbons (Fsp3) is 0.333. The molecule has 2 rings (SSSR count). The first kappa shape index (κ1) is 19.6. The zero-order chi connectivity index (χ0) is 19.5. The number of nitrogens with one attached hydrogen (secondary N) is 2. The van der Waals surface area contributed by atoms with Crippen molar-refractivity contribution in [3.05, 3.63) is 52.3 Å². The van der Waals surface area contributed by atoms with Crippen molar-refractivity contribution in [1.29, 1.82) is 0 Å². The highest BCUT2D eigenvalue weighted by Crippen LogP contribution is 2.20. The summed E-state index contributed by atoms with van der Waals surface area (Å²) in [4.78, 5) is 26.9. The summed E-state index contributed by atoms with van der Waals surface area (Å²) in [5.74, 6) is -0.468. The standard InChI is InChI=1S/C18H19F3N2O3/c1-10-15(12(3)24)11(2)23-16(10)17(25)22-8-13-5-4-6-14(7-13)26-9-18(19,20)21/h4-7,23H,8-9H2,1-3H3,(H,22,25). The molecule has 0 radical (unpaired) electrons. The van der Waals surface area contributed by atoms with Crippen LogP contribution in [0.15, 0.2) is 24.3 Å². The second-order valence-corrected chi connectivity index (χ2v) is 5.92. The maximum atomic E-state index is 12.3. The molecule has 2 N–H and O–H groups in total. The number of alkyl halides is 3. The van der Waals surface area contributed by atoms with Gasteiger partial charge in [0.05, 0.1) is 0 Å². The van der Waals surface area contributed by atoms with E-state index >= 15 is 0 Å². The monoisotopic (exact) mass is 368 g/mol. The number of halogens is 3. The minimum Gasteiger partial charge on any atom is -0.484 e. The van der Waals surface area contributed by atoms with Crippen LogP contribution in [0.25, 0.3) is 0 Å². The Balaban J connectivity index is 2.04. The minimum absolute atomic E-state index is 0.0693. The molecular weight excluding hydrogens is 349 g/mol. The van der Waals surface area contributed by atoms with Gasteiger partial charge in [-0.2, -0.15) is 13.2 Å². The molecule has 0 spiro atoms. The van der Waals surface area contributed by atoms with Gasteiger partial charge in [-0.1, -0.05) is 12.1 Å². The number of benzene rings is 1. The summed E-state index contributed by atoms with van der Waals surface area (Å²) >= 11 is 0. The average molecular weight is 368 g/mol. The Hall–Kier alpha value is -2.77. The van der Waals surface area contributed by atoms with E-state index in [0.29, 0.717) is 22.4 Å². The molecule has 5 nitrogen and oxygen atoms in total. The maximum Gasteiger partial charge on any atom is 0.422 e. The van der Waals surface area contributed by atoms with E-state index in [0.717, 1.165) is 0 Å². The third-order valence-electron chi connectivity index (χ3n) is 3.77. The third-order valence-corrected chi connectivity index (χ3v) is 3.77. The van der Waals surface area contributed by atoms with Gasteiger partial charge in [-0.3, -0.25) is 9.59 Å². The summed E-state index contributed by atoms with van der Waals surface area (Å²) in [6, 6.07) is 6.05. The number of H-pyrrole nitrogens is 1. The molecule has 0 fully saturated rings. The van der Waals surface area contributed by atoms with Crippen LogP contribution in [0.4, 0.5) is 13.2 Å². The van der Waals surface area contributed by atoms with Crippen molar-refractivity contribution in [3.63, 3.8) is 0 Å². The number of carbonyl (C=O) groups is 2. The van der Waals surface area contributed by atoms with Crippen LogP contribution >= 0.6 is 0 Å². The van der Waals surface area contributed by atoms with E-state index in [4.69, 9.17) is 0 Å². The predicted molar refractivity (Wildman–Crippen MR) is 89.4 cm³/mol. The van der Waals surface area contributed by atoms with Crippen LogP contribution in [0.5, 0.6) is 5.75 Å². The maximum absolute atomic E-state index is 12.3. The Labute approximate surface area is 148 Å². The van der Waals surface area contributed by atoms with Gasteiger partial charge in [-0.05, 0) is 44.0 Å². The van der Waals surface area contributed by atoms with Crippen LogP contribution in [-0.4, -0.2) is 29.5 Å². The topological polar surface area (TPSA) is 71.2 Å². The van der Waals surface area contributed by atoms with Gasteiger partial charge in [-0.25, -0.2) is 0 Å². The summed E-state index contributed by atoms with van der Waals surface area (Å²) < 4.78 is 41.3. The van der Waals surface area contributed by atoms with Crippen molar-refractivity contribution >= 4 is 11.7 Å². The SMILES string of the molecule is CC(=O)c1c(C)[nH]c(C(=O)NCc2cccc(OCC(F)(F)F)c2)c1C. The molecule has 0 aliphatic rings. The van der Waals surface area contributed by atoms with E-state index in [1.807, 2.05) is 0 Å². The molecule has 0 bridgehead atoms. The van der Waals surface area contributed by atoms with E-state index in [2.05, 4.69) is 15.0 Å². The highest BCUT2D eigenvalue weighted by molar-refractivity contribution is 6.02. The van der Waals surface area contributed by atoms with Crippen LogP contribution in [0, 0.1) is 13.8 Å². The number of amides is 1. The van der Waals surface area contributed by atoms with E-state index in [1.54, 1.807) is 26.0 Å². The van der Waals surface area contributed by atoms with Crippen molar-refractivity contribution in [3.8, 4) is 5.75 Å². The molecule has 1 heterocycles. The molecule has 1 aromatic heterocycles. The second kappa shape index (κ2) is 7.63. The van der Waals surface area contributed by atoms with Gasteiger partial charge in [0, 0.05) is 17.8 Å². The van der Waals surface area contributed by atoms with Crippen molar-refractivity contribution in [2.75, 3.05) is 6.61 Å². The van der Waals surface area contributed by atoms with Crippen LogP contribution < -0.4 is 10.1 Å². The van der Waals surface area contributed by atoms with Crippen LogP contribution in [0.1, 0.15) is 44.6 Å². The molecule has 8 heteroatoms. The summed E-state index contributed by atoms with van der Waals surface area (Å²) in [6.45, 7) is 3.55. The second-order valence-electron chi connectivity index (χ2n) is 5.92. The van der Waals surface area contributed by atoms with Crippen molar-refractivity contribution in [2.24, 2.45) is 0 Å². The van der Waals surface area contributed by atoms with Gasteiger partial charge in [0.25, 0.3) is 5.91 Å². The zero-order valence-electron chi connectivity index (χ0n) is 14.6. The Bertz CT molecular complexity index is 826. The van der Waals surface area contributed by atoms with Crippen LogP contribution in [0.3, 0.4) is 0 Å². The zero-order valence-corrected chi connectivity index (χ0v) is 14.6. The molecule has 140 valence electrons. The highest BCUT2D eigenvalue weighted by atomic mass is 19.4. The number of ether oxygens (including phenoxy) is 1. The van der Waals surface area contributed by atoms with E-state index < -0.39 is 18.7 Å². The number of aromatic nitrogens is 1. The van der Waals surface area contributed by atoms with Crippen molar-refractivity contribution in [2.45, 2.75) is 33.5 Å². The molecule has 0 saturated carbocycles. The number of hydrogen-bond acceptors (Lipinski definition) is 3. The molecule has 0 saturated heterocycles. The quantitative estimate of drug-likeness (QED) is 0.764. The van der Waals surface area contributed by atoms with Gasteiger partial charge in [0.1, 0.15) is 11.4 Å². The lowest BCUT2D eigenvalue weighted by atomic mass is 10.1. The normalized spacial score (nSPS) is 11.3. The summed E-state index contributed by atoms with van der Waals surface area (Å²) in [6.07, 6.45) is -4.42. The largest absolute Gasteiger partial charge is 0.484 e. The van der Waals surface area contributed by atoms with Gasteiger partial charge in [0.2, 0.25) is 0 Å². The third kappa shape index (κ3) is 4.87. The molecule has 0 aliphatic carbocycles. The molecule has 26 heavy (non-hydrogen) atoms. The van der Waals surface area contributed by atoms with Gasteiger partial charge in [0.15, 0.2) is 12.4 Å². The number of carbonyl (C=O) groups excluding carboxylic acids is 2. The first-order valence-corrected chi connectivity index (χ1v) is 7.85. The Kier molecular flexibility index (Phi) is 5.74. The lowest BCUT2D eigenvalue weighted by Crippen LogP contribution is -2.24. The summed E-state index contributed by atoms with van der Waals surface area (Å²) in [5.41, 5.74) is 2.54. The van der Waals surface area contributed by atoms with Crippen LogP contribution in [0.2, 0.25) is 0 Å². The van der Waals surface area contributed by atoms with E-state index in [9.17, 15) is 22.8 Å².